The van der Waals surface area contributed by atoms with Crippen molar-refractivity contribution in [3.63, 3.8) is 0 Å². The number of carbonyl (C=O) groups excluding carboxylic acids is 1. The minimum atomic E-state index is -2.11. The summed E-state index contributed by atoms with van der Waals surface area (Å²) in [6.07, 6.45) is 16.5. The molecule has 2 aromatic carbocycles. The third-order valence-corrected chi connectivity index (χ3v) is 12.8. The maximum absolute atomic E-state index is 12.5. The Morgan fingerprint density at radius 2 is 1.74 bits per heavy atom. The lowest BCUT2D eigenvalue weighted by Gasteiger charge is -2.39. The van der Waals surface area contributed by atoms with E-state index < -0.39 is 15.3 Å². The number of nitrogens with zero attached hydrogens (tertiary/aromatic N) is 3. The van der Waals surface area contributed by atoms with Crippen molar-refractivity contribution in [1.82, 2.24) is 4.90 Å². The Labute approximate surface area is 324 Å². The van der Waals surface area contributed by atoms with Crippen molar-refractivity contribution in [2.24, 2.45) is 4.99 Å². The monoisotopic (exact) mass is 760 g/mol. The molecule has 2 aliphatic rings. The lowest BCUT2D eigenvalue weighted by molar-refractivity contribution is -0.108. The van der Waals surface area contributed by atoms with Crippen LogP contribution in [-0.2, 0) is 11.2 Å². The molecule has 4 rings (SSSR count). The molecule has 0 aromatic heterocycles. The first-order chi connectivity index (χ1) is 25.6. The maximum Gasteiger partial charge on any atom is 0.348 e. The van der Waals surface area contributed by atoms with Crippen LogP contribution in [0.25, 0.3) is 0 Å². The summed E-state index contributed by atoms with van der Waals surface area (Å²) in [4.78, 5) is 31.5. The summed E-state index contributed by atoms with van der Waals surface area (Å²) in [7, 11) is 1.64. The summed E-state index contributed by atoms with van der Waals surface area (Å²) >= 11 is 0. The fourth-order valence-electron chi connectivity index (χ4n) is 6.00. The zero-order chi connectivity index (χ0) is 40.2. The van der Waals surface area contributed by atoms with E-state index in [1.165, 1.54) is 49.8 Å². The Morgan fingerprint density at radius 1 is 1.08 bits per heavy atom. The van der Waals surface area contributed by atoms with E-state index >= 15 is 0 Å². The predicted molar refractivity (Wildman–Crippen MR) is 229 cm³/mol. The highest BCUT2D eigenvalue weighted by atomic mass is 32.3. The summed E-state index contributed by atoms with van der Waals surface area (Å²) in [6.45, 7) is 22.0. The van der Waals surface area contributed by atoms with Crippen molar-refractivity contribution in [2.75, 3.05) is 51.7 Å². The molecule has 2 heterocycles. The van der Waals surface area contributed by atoms with Gasteiger partial charge in [0.1, 0.15) is 6.29 Å². The van der Waals surface area contributed by atoms with Crippen LogP contribution in [0, 0.1) is 0 Å². The van der Waals surface area contributed by atoms with Crippen molar-refractivity contribution in [2.45, 2.75) is 124 Å². The fraction of sp³-hybridized carbons (Fsp3) is 0.605. The molecule has 0 aliphatic carbocycles. The van der Waals surface area contributed by atoms with Gasteiger partial charge < -0.3 is 29.0 Å². The molecule has 3 unspecified atom stereocenters. The highest BCUT2D eigenvalue weighted by molar-refractivity contribution is 8.45. The highest BCUT2D eigenvalue weighted by Crippen LogP contribution is 2.68. The summed E-state index contributed by atoms with van der Waals surface area (Å²) in [6, 6.07) is 12.7. The number of ether oxygens (including phenoxy) is 3. The van der Waals surface area contributed by atoms with Crippen molar-refractivity contribution in [1.29, 1.82) is 0 Å². The molecule has 302 valence electrons. The fourth-order valence-corrected chi connectivity index (χ4v) is 9.51. The number of aryl methyl sites for hydroxylation is 1. The van der Waals surface area contributed by atoms with Crippen LogP contribution in [0.4, 0.5) is 10.5 Å². The average Bonchev–Trinajstić information content (AvgIpc) is 3.76. The van der Waals surface area contributed by atoms with Gasteiger partial charge in [-0.3, -0.25) is 9.89 Å². The van der Waals surface area contributed by atoms with Gasteiger partial charge in [-0.1, -0.05) is 98.8 Å². The van der Waals surface area contributed by atoms with Crippen molar-refractivity contribution in [3.05, 3.63) is 59.8 Å². The molecule has 2 aromatic rings. The molecule has 2 aliphatic heterocycles. The molecule has 0 spiro atoms. The number of hydrogen-bond donors (Lipinski definition) is 1. The number of aliphatic imine (C=N–C) groups is 1. The molecule has 1 N–H and O–H groups in total. The number of aldehydes is 1. The quantitative estimate of drug-likeness (QED) is 0.141. The van der Waals surface area contributed by atoms with Gasteiger partial charge in [0, 0.05) is 37.3 Å². The van der Waals surface area contributed by atoms with E-state index in [1.54, 1.807) is 13.3 Å². The first-order valence-corrected chi connectivity index (χ1v) is 21.8. The summed E-state index contributed by atoms with van der Waals surface area (Å²) in [5.41, 5.74) is 3.70. The van der Waals surface area contributed by atoms with Gasteiger partial charge in [-0.25, -0.2) is 4.79 Å². The zero-order valence-corrected chi connectivity index (χ0v) is 35.8. The molecule has 10 heteroatoms. The van der Waals surface area contributed by atoms with Crippen LogP contribution in [0.15, 0.2) is 53.7 Å². The zero-order valence-electron chi connectivity index (χ0n) is 35.0. The first-order valence-electron chi connectivity index (χ1n) is 19.6. The number of allylic oxidation sites excluding steroid dienone is 1. The minimum absolute atomic E-state index is 0.124. The van der Waals surface area contributed by atoms with Crippen LogP contribution in [0.3, 0.4) is 0 Å². The molecule has 53 heavy (non-hydrogen) atoms. The molecule has 0 bridgehead atoms. The van der Waals surface area contributed by atoms with E-state index in [9.17, 15) is 14.7 Å². The van der Waals surface area contributed by atoms with Crippen molar-refractivity contribution >= 4 is 34.0 Å². The van der Waals surface area contributed by atoms with Gasteiger partial charge in [-0.05, 0) is 81.0 Å². The lowest BCUT2D eigenvalue weighted by atomic mass is 10.1. The number of rotatable bonds is 15. The van der Waals surface area contributed by atoms with Crippen LogP contribution in [0.2, 0.25) is 0 Å². The van der Waals surface area contributed by atoms with E-state index in [-0.39, 0.29) is 24.0 Å². The molecule has 3 atom stereocenters. The van der Waals surface area contributed by atoms with E-state index in [0.29, 0.717) is 23.8 Å². The van der Waals surface area contributed by atoms with E-state index in [1.807, 2.05) is 50.1 Å². The Bertz CT molecular complexity index is 1340. The normalized spacial score (nSPS) is 19.4. The smallest absolute Gasteiger partial charge is 0.348 e. The van der Waals surface area contributed by atoms with Crippen LogP contribution in [-0.4, -0.2) is 80.5 Å². The number of unbranched alkanes of at least 4 members (excludes halogenated alkanes) is 3. The SMILES string of the molecule is C=N/C=C\C.CC.CCC.CCCCC1N(CC=O)CC(c2cc(OC)c3c(c2)OCO3)S1(C)C(=O)O.CCCCc1cccc(N(C)CCCC)c1. The van der Waals surface area contributed by atoms with Gasteiger partial charge in [-0.15, -0.1) is 10.0 Å². The highest BCUT2D eigenvalue weighted by Gasteiger charge is 2.52. The number of benzene rings is 2. The van der Waals surface area contributed by atoms with Gasteiger partial charge in [0.25, 0.3) is 0 Å². The molecule has 0 amide bonds. The van der Waals surface area contributed by atoms with Crippen molar-refractivity contribution in [3.8, 4) is 17.2 Å². The van der Waals surface area contributed by atoms with Gasteiger partial charge in [0.2, 0.25) is 12.5 Å². The maximum atomic E-state index is 12.5. The Kier molecular flexibility index (Phi) is 27.0. The summed E-state index contributed by atoms with van der Waals surface area (Å²) in [5.74, 6) is 1.68. The number of hydrogen-bond acceptors (Lipinski definition) is 8. The van der Waals surface area contributed by atoms with E-state index in [2.05, 4.69) is 82.5 Å². The molecule has 0 radical (unpaired) electrons. The number of carboxylic acid groups (broad SMARTS) is 1. The first kappa shape index (κ1) is 49.5. The Morgan fingerprint density at radius 3 is 2.26 bits per heavy atom. The molecular weight excluding hydrogens is 687 g/mol. The molecule has 1 saturated heterocycles. The Hall–Kier alpha value is -3.50. The number of anilines is 1. The second kappa shape index (κ2) is 28.9. The number of fused-ring (bicyclic) bond motifs is 1. The average molecular weight is 760 g/mol. The van der Waals surface area contributed by atoms with Gasteiger partial charge in [-0.2, -0.15) is 0 Å². The van der Waals surface area contributed by atoms with Crippen LogP contribution in [0.1, 0.15) is 123 Å². The van der Waals surface area contributed by atoms with Gasteiger partial charge in [0.05, 0.1) is 19.0 Å². The summed E-state index contributed by atoms with van der Waals surface area (Å²) in [5, 5.41) is 9.12. The molecule has 9 nitrogen and oxygen atoms in total. The Balaban J connectivity index is 0.000000879. The molecule has 0 saturated carbocycles. The van der Waals surface area contributed by atoms with Crippen LogP contribution in [0.5, 0.6) is 17.2 Å². The standard InChI is InChI=1S/C19H27NO6S.C15H25N.C4H7N.C3H8.C2H6/c1-4-5-6-17-20(7-8-21)11-16(27(17,3)19(22)23)13-9-14(24-2)18-15(10-13)25-12-26-18;1-4-6-9-14-10-8-11-15(13-14)16(3)12-7-5-2;1-3-4-5-2;1-3-2;1-2/h8-10,16-17H,4-7,11-12H2,1-3H3,(H,22,23);8,10-11,13H,4-7,9,12H2,1-3H3;3-4H,2H2,1H3;3H2,1-2H3;1-2H3/b;;4-3-;;. The number of carbonyl (C=O) groups is 2. The predicted octanol–water partition coefficient (Wildman–Crippen LogP) is 11.5. The lowest BCUT2D eigenvalue weighted by Crippen LogP contribution is -2.34. The molecule has 1 fully saturated rings. The van der Waals surface area contributed by atoms with Gasteiger partial charge >= 0.3 is 5.30 Å². The second-order valence-electron chi connectivity index (χ2n) is 12.9. The van der Waals surface area contributed by atoms with Crippen LogP contribution >= 0.6 is 10.0 Å². The van der Waals surface area contributed by atoms with E-state index in [4.69, 9.17) is 14.2 Å². The topological polar surface area (TPSA) is 101 Å². The van der Waals surface area contributed by atoms with Crippen molar-refractivity contribution < 1.29 is 28.9 Å². The molecular formula is C43H73N3O6S. The van der Waals surface area contributed by atoms with Crippen LogP contribution < -0.4 is 19.1 Å². The third kappa shape index (κ3) is 15.8. The summed E-state index contributed by atoms with van der Waals surface area (Å²) < 4.78 is 16.4. The number of methoxy groups -OCH3 is 1. The third-order valence-electron chi connectivity index (χ3n) is 8.78. The second-order valence-corrected chi connectivity index (χ2v) is 16.5. The minimum Gasteiger partial charge on any atom is -0.493 e. The largest absolute Gasteiger partial charge is 0.493 e. The van der Waals surface area contributed by atoms with Gasteiger partial charge in [0.15, 0.2) is 11.5 Å². The van der Waals surface area contributed by atoms with E-state index in [0.717, 1.165) is 37.7 Å².